The zero-order valence-electron chi connectivity index (χ0n) is 17.0. The fourth-order valence-corrected chi connectivity index (χ4v) is 5.04. The molecule has 0 atom stereocenters. The molecular formula is C26H25N2O+. The van der Waals surface area contributed by atoms with E-state index in [0.29, 0.717) is 11.5 Å². The Morgan fingerprint density at radius 1 is 1.00 bits per heavy atom. The lowest BCUT2D eigenvalue weighted by atomic mass is 9.83. The Morgan fingerprint density at radius 3 is 2.59 bits per heavy atom. The summed E-state index contributed by atoms with van der Waals surface area (Å²) < 4.78 is 8.54. The first-order valence-corrected chi connectivity index (χ1v) is 10.5. The SMILES string of the molecule is Cc1cc2c(oc3c(C4CCCCC4)cccc32)c(C#N)c1-c1cccc[n+]1C. The number of nitrogens with zero attached hydrogens (tertiary/aromatic N) is 2. The van der Waals surface area contributed by atoms with Crippen LogP contribution in [0, 0.1) is 18.3 Å². The van der Waals surface area contributed by atoms with Crippen LogP contribution < -0.4 is 4.57 Å². The van der Waals surface area contributed by atoms with Crippen molar-refractivity contribution in [2.24, 2.45) is 7.05 Å². The number of hydrogen-bond acceptors (Lipinski definition) is 2. The molecule has 0 unspecified atom stereocenters. The van der Waals surface area contributed by atoms with Crippen LogP contribution in [0.25, 0.3) is 33.2 Å². The van der Waals surface area contributed by atoms with Crippen LogP contribution in [-0.4, -0.2) is 0 Å². The summed E-state index contributed by atoms with van der Waals surface area (Å²) in [6.07, 6.45) is 8.38. The normalized spacial score (nSPS) is 15.1. The molecule has 4 aromatic rings. The molecule has 0 spiro atoms. The third-order valence-corrected chi connectivity index (χ3v) is 6.48. The minimum atomic E-state index is 0.561. The second kappa shape index (κ2) is 7.04. The van der Waals surface area contributed by atoms with Crippen molar-refractivity contribution in [1.29, 1.82) is 5.26 Å². The molecule has 0 radical (unpaired) electrons. The summed E-state index contributed by atoms with van der Waals surface area (Å²) in [4.78, 5) is 0. The lowest BCUT2D eigenvalue weighted by Crippen LogP contribution is -2.30. The maximum absolute atomic E-state index is 10.1. The van der Waals surface area contributed by atoms with Gasteiger partial charge >= 0.3 is 0 Å². The van der Waals surface area contributed by atoms with Crippen molar-refractivity contribution in [3.8, 4) is 17.3 Å². The maximum Gasteiger partial charge on any atom is 0.214 e. The number of aromatic nitrogens is 1. The van der Waals surface area contributed by atoms with E-state index in [0.717, 1.165) is 38.8 Å². The summed E-state index contributed by atoms with van der Waals surface area (Å²) >= 11 is 0. The number of benzene rings is 2. The maximum atomic E-state index is 10.1. The van der Waals surface area contributed by atoms with Gasteiger partial charge < -0.3 is 4.42 Å². The second-order valence-corrected chi connectivity index (χ2v) is 8.29. The molecular weight excluding hydrogens is 356 g/mol. The van der Waals surface area contributed by atoms with Gasteiger partial charge in [0.05, 0.1) is 5.56 Å². The molecule has 1 saturated carbocycles. The molecule has 0 aliphatic heterocycles. The molecule has 3 nitrogen and oxygen atoms in total. The highest BCUT2D eigenvalue weighted by atomic mass is 16.3. The summed E-state index contributed by atoms with van der Waals surface area (Å²) in [6, 6.07) is 17.2. The molecule has 1 aliphatic carbocycles. The Labute approximate surface area is 171 Å². The van der Waals surface area contributed by atoms with Gasteiger partial charge in [-0.25, -0.2) is 4.57 Å². The van der Waals surface area contributed by atoms with E-state index in [1.807, 2.05) is 25.4 Å². The van der Waals surface area contributed by atoms with Gasteiger partial charge in [-0.3, -0.25) is 0 Å². The third kappa shape index (κ3) is 2.83. The molecule has 29 heavy (non-hydrogen) atoms. The minimum Gasteiger partial charge on any atom is -0.454 e. The second-order valence-electron chi connectivity index (χ2n) is 8.29. The summed E-state index contributed by atoms with van der Waals surface area (Å²) in [5.74, 6) is 0.561. The van der Waals surface area contributed by atoms with Crippen molar-refractivity contribution in [3.05, 3.63) is 65.4 Å². The molecule has 0 bridgehead atoms. The smallest absolute Gasteiger partial charge is 0.214 e. The van der Waals surface area contributed by atoms with Gasteiger partial charge in [-0.15, -0.1) is 0 Å². The molecule has 2 aromatic heterocycles. The van der Waals surface area contributed by atoms with Crippen LogP contribution in [0.5, 0.6) is 0 Å². The Bertz CT molecular complexity index is 1270. The van der Waals surface area contributed by atoms with Gasteiger partial charge in [-0.2, -0.15) is 5.26 Å². The van der Waals surface area contributed by atoms with Crippen LogP contribution in [0.2, 0.25) is 0 Å². The van der Waals surface area contributed by atoms with E-state index in [9.17, 15) is 5.26 Å². The Hall–Kier alpha value is -3.12. The van der Waals surface area contributed by atoms with Crippen molar-refractivity contribution in [3.63, 3.8) is 0 Å². The van der Waals surface area contributed by atoms with Gasteiger partial charge in [0.1, 0.15) is 24.3 Å². The summed E-state index contributed by atoms with van der Waals surface area (Å²) in [7, 11) is 2.01. The molecule has 2 heterocycles. The van der Waals surface area contributed by atoms with E-state index in [1.54, 1.807) is 0 Å². The number of fused-ring (bicyclic) bond motifs is 3. The van der Waals surface area contributed by atoms with Gasteiger partial charge in [-0.05, 0) is 48.9 Å². The Balaban J connectivity index is 1.82. The van der Waals surface area contributed by atoms with Crippen molar-refractivity contribution >= 4 is 21.9 Å². The molecule has 1 fully saturated rings. The molecule has 1 aliphatic rings. The minimum absolute atomic E-state index is 0.561. The van der Waals surface area contributed by atoms with Crippen LogP contribution in [-0.2, 0) is 7.05 Å². The first-order chi connectivity index (χ1) is 14.2. The van der Waals surface area contributed by atoms with Crippen LogP contribution in [0.4, 0.5) is 0 Å². The molecule has 2 aromatic carbocycles. The molecule has 0 saturated heterocycles. The number of para-hydroxylation sites is 1. The number of furan rings is 1. The molecule has 0 amide bonds. The molecule has 144 valence electrons. The monoisotopic (exact) mass is 381 g/mol. The van der Waals surface area contributed by atoms with Crippen LogP contribution in [0.3, 0.4) is 0 Å². The predicted octanol–water partition coefficient (Wildman–Crippen LogP) is 6.31. The van der Waals surface area contributed by atoms with Gasteiger partial charge in [0.25, 0.3) is 0 Å². The van der Waals surface area contributed by atoms with E-state index in [4.69, 9.17) is 4.42 Å². The van der Waals surface area contributed by atoms with Crippen molar-refractivity contribution in [2.45, 2.75) is 44.9 Å². The fourth-order valence-electron chi connectivity index (χ4n) is 5.04. The highest BCUT2D eigenvalue weighted by molar-refractivity contribution is 6.09. The van der Waals surface area contributed by atoms with E-state index in [2.05, 4.69) is 47.9 Å². The first-order valence-electron chi connectivity index (χ1n) is 10.5. The van der Waals surface area contributed by atoms with E-state index >= 15 is 0 Å². The van der Waals surface area contributed by atoms with Crippen molar-refractivity contribution in [2.75, 3.05) is 0 Å². The van der Waals surface area contributed by atoms with Gasteiger partial charge in [-0.1, -0.05) is 37.5 Å². The number of pyridine rings is 1. The van der Waals surface area contributed by atoms with Crippen molar-refractivity contribution < 1.29 is 8.98 Å². The topological polar surface area (TPSA) is 40.8 Å². The van der Waals surface area contributed by atoms with E-state index in [-0.39, 0.29) is 0 Å². The summed E-state index contributed by atoms with van der Waals surface area (Å²) in [6.45, 7) is 2.09. The van der Waals surface area contributed by atoms with Gasteiger partial charge in [0, 0.05) is 22.9 Å². The van der Waals surface area contributed by atoms with Gasteiger partial charge in [0.2, 0.25) is 5.69 Å². The largest absolute Gasteiger partial charge is 0.454 e. The Kier molecular flexibility index (Phi) is 4.36. The molecule has 0 N–H and O–H groups in total. The average molecular weight is 381 g/mol. The lowest BCUT2D eigenvalue weighted by molar-refractivity contribution is -0.660. The number of aryl methyl sites for hydroxylation is 2. The zero-order valence-corrected chi connectivity index (χ0v) is 17.0. The van der Waals surface area contributed by atoms with Crippen LogP contribution in [0.1, 0.15) is 54.7 Å². The standard InChI is InChI=1S/C26H25N2O/c1-17-15-21-20-12-8-11-19(18-9-4-3-5-10-18)25(20)29-26(21)22(16-27)24(17)23-13-6-7-14-28(23)2/h6-8,11-15,18H,3-5,9-10H2,1-2H3/q+1. The molecule has 3 heteroatoms. The highest BCUT2D eigenvalue weighted by Gasteiger charge is 2.25. The average Bonchev–Trinajstić information content (AvgIpc) is 3.12. The summed E-state index contributed by atoms with van der Waals surface area (Å²) in [5, 5.41) is 12.3. The quantitative estimate of drug-likeness (QED) is 0.382. The van der Waals surface area contributed by atoms with E-state index in [1.165, 1.54) is 37.7 Å². The first kappa shape index (κ1) is 17.9. The summed E-state index contributed by atoms with van der Waals surface area (Å²) in [5.41, 5.74) is 6.72. The van der Waals surface area contributed by atoms with Gasteiger partial charge in [0.15, 0.2) is 11.8 Å². The number of hydrogen-bond donors (Lipinski definition) is 0. The van der Waals surface area contributed by atoms with Crippen molar-refractivity contribution in [1.82, 2.24) is 0 Å². The lowest BCUT2D eigenvalue weighted by Gasteiger charge is -2.21. The number of rotatable bonds is 2. The van der Waals surface area contributed by atoms with E-state index < -0.39 is 0 Å². The highest BCUT2D eigenvalue weighted by Crippen LogP contribution is 2.42. The van der Waals surface area contributed by atoms with Crippen LogP contribution >= 0.6 is 0 Å². The zero-order chi connectivity index (χ0) is 20.0. The number of nitriles is 1. The third-order valence-electron chi connectivity index (χ3n) is 6.48. The molecule has 5 rings (SSSR count). The van der Waals surface area contributed by atoms with Crippen LogP contribution in [0.15, 0.2) is 53.1 Å². The predicted molar refractivity (Wildman–Crippen MR) is 116 cm³/mol. The Morgan fingerprint density at radius 2 is 1.83 bits per heavy atom. The fraction of sp³-hybridized carbons (Fsp3) is 0.308.